The van der Waals surface area contributed by atoms with Crippen LogP contribution in [0.3, 0.4) is 0 Å². The second-order valence-corrected chi connectivity index (χ2v) is 4.34. The molecule has 100 valence electrons. The zero-order valence-electron chi connectivity index (χ0n) is 10.2. The maximum atomic E-state index is 12.2. The number of hydrogen-bond donors (Lipinski definition) is 3. The minimum Gasteiger partial charge on any atom is -0.396 e. The lowest BCUT2D eigenvalue weighted by Gasteiger charge is -2.34. The highest BCUT2D eigenvalue weighted by Gasteiger charge is 2.50. The van der Waals surface area contributed by atoms with E-state index in [2.05, 4.69) is 10.6 Å². The standard InChI is InChI=1S/C13H14N2O4/c16-8-4-7-13(9-5-2-1-3-6-9)10(17)14-12(19)15-11(13)18/h1-3,5-6,16H,4,7-8H2,(H2,14,15,17,18,19). The molecule has 1 aromatic rings. The van der Waals surface area contributed by atoms with E-state index in [1.165, 1.54) is 0 Å². The second kappa shape index (κ2) is 5.19. The Bertz CT molecular complexity index is 493. The Balaban J connectivity index is 2.48. The molecule has 1 aliphatic heterocycles. The lowest BCUT2D eigenvalue weighted by molar-refractivity contribution is -0.139. The fourth-order valence-corrected chi connectivity index (χ4v) is 2.25. The summed E-state index contributed by atoms with van der Waals surface area (Å²) in [5.41, 5.74) is -0.955. The van der Waals surface area contributed by atoms with Crippen molar-refractivity contribution in [2.45, 2.75) is 18.3 Å². The van der Waals surface area contributed by atoms with E-state index in [0.29, 0.717) is 5.56 Å². The molecule has 0 bridgehead atoms. The van der Waals surface area contributed by atoms with Crippen LogP contribution in [0.15, 0.2) is 30.3 Å². The third-order valence-electron chi connectivity index (χ3n) is 3.21. The van der Waals surface area contributed by atoms with Crippen LogP contribution in [0.2, 0.25) is 0 Å². The Morgan fingerprint density at radius 3 is 2.11 bits per heavy atom. The van der Waals surface area contributed by atoms with Crippen LogP contribution in [0.5, 0.6) is 0 Å². The van der Waals surface area contributed by atoms with Crippen LogP contribution in [-0.4, -0.2) is 29.6 Å². The molecule has 0 spiro atoms. The van der Waals surface area contributed by atoms with Crippen molar-refractivity contribution in [3.8, 4) is 0 Å². The minimum absolute atomic E-state index is 0.136. The van der Waals surface area contributed by atoms with Crippen LogP contribution in [0.25, 0.3) is 0 Å². The number of amides is 4. The van der Waals surface area contributed by atoms with Gasteiger partial charge in [-0.2, -0.15) is 0 Å². The van der Waals surface area contributed by atoms with Gasteiger partial charge in [0.05, 0.1) is 0 Å². The van der Waals surface area contributed by atoms with Gasteiger partial charge in [-0.25, -0.2) is 4.79 Å². The van der Waals surface area contributed by atoms with Crippen molar-refractivity contribution in [3.63, 3.8) is 0 Å². The number of aliphatic hydroxyl groups excluding tert-OH is 1. The average Bonchev–Trinajstić information content (AvgIpc) is 2.39. The van der Waals surface area contributed by atoms with Crippen LogP contribution < -0.4 is 10.6 Å². The number of aliphatic hydroxyl groups is 1. The van der Waals surface area contributed by atoms with Gasteiger partial charge in [-0.15, -0.1) is 0 Å². The van der Waals surface area contributed by atoms with Gasteiger partial charge >= 0.3 is 6.03 Å². The molecule has 1 aromatic carbocycles. The Morgan fingerprint density at radius 2 is 1.58 bits per heavy atom. The molecule has 6 nitrogen and oxygen atoms in total. The second-order valence-electron chi connectivity index (χ2n) is 4.34. The van der Waals surface area contributed by atoms with Gasteiger partial charge in [0.1, 0.15) is 0 Å². The van der Waals surface area contributed by atoms with E-state index < -0.39 is 23.3 Å². The maximum absolute atomic E-state index is 12.2. The van der Waals surface area contributed by atoms with E-state index >= 15 is 0 Å². The zero-order chi connectivity index (χ0) is 13.9. The first kappa shape index (κ1) is 13.2. The summed E-state index contributed by atoms with van der Waals surface area (Å²) in [5, 5.41) is 13.2. The van der Waals surface area contributed by atoms with E-state index in [1.807, 2.05) is 0 Å². The number of benzene rings is 1. The average molecular weight is 262 g/mol. The molecular weight excluding hydrogens is 248 g/mol. The van der Waals surface area contributed by atoms with Crippen LogP contribution >= 0.6 is 0 Å². The molecule has 2 rings (SSSR count). The summed E-state index contributed by atoms with van der Waals surface area (Å²) in [6, 6.07) is 7.71. The summed E-state index contributed by atoms with van der Waals surface area (Å²) in [7, 11) is 0. The highest BCUT2D eigenvalue weighted by molar-refractivity contribution is 6.22. The monoisotopic (exact) mass is 262 g/mol. The van der Waals surface area contributed by atoms with Crippen LogP contribution in [0.1, 0.15) is 18.4 Å². The molecule has 1 heterocycles. The van der Waals surface area contributed by atoms with Crippen LogP contribution in [0.4, 0.5) is 4.79 Å². The van der Waals surface area contributed by atoms with E-state index in [-0.39, 0.29) is 19.4 Å². The Labute approximate surface area is 109 Å². The smallest absolute Gasteiger partial charge is 0.328 e. The third-order valence-corrected chi connectivity index (χ3v) is 3.21. The lowest BCUT2D eigenvalue weighted by atomic mass is 9.74. The Morgan fingerprint density at radius 1 is 1.00 bits per heavy atom. The number of imide groups is 2. The van der Waals surface area contributed by atoms with Crippen molar-refractivity contribution < 1.29 is 19.5 Å². The molecule has 0 aromatic heterocycles. The van der Waals surface area contributed by atoms with Gasteiger partial charge in [-0.3, -0.25) is 20.2 Å². The van der Waals surface area contributed by atoms with Gasteiger partial charge in [0.2, 0.25) is 11.8 Å². The quantitative estimate of drug-likeness (QED) is 0.669. The molecule has 0 atom stereocenters. The van der Waals surface area contributed by atoms with Crippen LogP contribution in [0, 0.1) is 0 Å². The summed E-state index contributed by atoms with van der Waals surface area (Å²) >= 11 is 0. The Kier molecular flexibility index (Phi) is 3.62. The summed E-state index contributed by atoms with van der Waals surface area (Å²) in [6.45, 7) is -0.136. The summed E-state index contributed by atoms with van der Waals surface area (Å²) in [4.78, 5) is 35.5. The summed E-state index contributed by atoms with van der Waals surface area (Å²) < 4.78 is 0. The molecule has 4 amide bonds. The number of urea groups is 1. The first-order valence-corrected chi connectivity index (χ1v) is 5.94. The van der Waals surface area contributed by atoms with Crippen molar-refractivity contribution in [2.75, 3.05) is 6.61 Å². The van der Waals surface area contributed by atoms with Gasteiger partial charge in [-0.1, -0.05) is 30.3 Å². The number of nitrogens with one attached hydrogen (secondary N) is 2. The zero-order valence-corrected chi connectivity index (χ0v) is 10.2. The van der Waals surface area contributed by atoms with Gasteiger partial charge in [-0.05, 0) is 18.4 Å². The SMILES string of the molecule is O=C1NC(=O)C(CCCO)(c2ccccc2)C(=O)N1. The van der Waals surface area contributed by atoms with Crippen molar-refractivity contribution >= 4 is 17.8 Å². The Hall–Kier alpha value is -2.21. The molecule has 6 heteroatoms. The molecule has 0 radical (unpaired) electrons. The fourth-order valence-electron chi connectivity index (χ4n) is 2.25. The van der Waals surface area contributed by atoms with Gasteiger partial charge < -0.3 is 5.11 Å². The predicted molar refractivity (Wildman–Crippen MR) is 66.1 cm³/mol. The number of rotatable bonds is 4. The van der Waals surface area contributed by atoms with E-state index in [9.17, 15) is 14.4 Å². The molecule has 3 N–H and O–H groups in total. The lowest BCUT2D eigenvalue weighted by Crippen LogP contribution is -2.64. The predicted octanol–water partition coefficient (Wildman–Crippen LogP) is 0.0629. The minimum atomic E-state index is -1.46. The number of carbonyl (C=O) groups is 3. The molecule has 1 aliphatic rings. The highest BCUT2D eigenvalue weighted by Crippen LogP contribution is 2.31. The molecule has 1 fully saturated rings. The molecule has 0 saturated carbocycles. The first-order chi connectivity index (χ1) is 9.11. The van der Waals surface area contributed by atoms with Crippen molar-refractivity contribution in [1.82, 2.24) is 10.6 Å². The molecule has 19 heavy (non-hydrogen) atoms. The van der Waals surface area contributed by atoms with Gasteiger partial charge in [0, 0.05) is 6.61 Å². The van der Waals surface area contributed by atoms with Crippen LogP contribution in [-0.2, 0) is 15.0 Å². The molecule has 0 unspecified atom stereocenters. The van der Waals surface area contributed by atoms with Crippen molar-refractivity contribution in [2.24, 2.45) is 0 Å². The summed E-state index contributed by atoms with van der Waals surface area (Å²) in [5.74, 6) is -1.30. The van der Waals surface area contributed by atoms with Crippen molar-refractivity contribution in [1.29, 1.82) is 0 Å². The third kappa shape index (κ3) is 2.22. The maximum Gasteiger partial charge on any atom is 0.328 e. The molecular formula is C13H14N2O4. The summed E-state index contributed by atoms with van der Waals surface area (Å²) in [6.07, 6.45) is 0.419. The molecule has 0 aliphatic carbocycles. The largest absolute Gasteiger partial charge is 0.396 e. The van der Waals surface area contributed by atoms with Crippen molar-refractivity contribution in [3.05, 3.63) is 35.9 Å². The molecule has 1 saturated heterocycles. The first-order valence-electron chi connectivity index (χ1n) is 5.94. The van der Waals surface area contributed by atoms with Gasteiger partial charge in [0.25, 0.3) is 0 Å². The van der Waals surface area contributed by atoms with E-state index in [0.717, 1.165) is 0 Å². The van der Waals surface area contributed by atoms with Gasteiger partial charge in [0.15, 0.2) is 5.41 Å². The van der Waals surface area contributed by atoms with E-state index in [4.69, 9.17) is 5.11 Å². The highest BCUT2D eigenvalue weighted by atomic mass is 16.3. The topological polar surface area (TPSA) is 95.5 Å². The fraction of sp³-hybridized carbons (Fsp3) is 0.308. The number of barbiturate groups is 1. The normalized spacial score (nSPS) is 17.8. The number of hydrogen-bond acceptors (Lipinski definition) is 4. The van der Waals surface area contributed by atoms with E-state index in [1.54, 1.807) is 30.3 Å². The number of carbonyl (C=O) groups excluding carboxylic acids is 3.